The summed E-state index contributed by atoms with van der Waals surface area (Å²) in [6.45, 7) is 0. The van der Waals surface area contributed by atoms with E-state index >= 15 is 0 Å². The summed E-state index contributed by atoms with van der Waals surface area (Å²) < 4.78 is 14.6. The summed E-state index contributed by atoms with van der Waals surface area (Å²) in [6.07, 6.45) is 0. The molecule has 7 nitrogen and oxygen atoms in total. The largest absolute Gasteiger partial charge is 0.309 e. The van der Waals surface area contributed by atoms with E-state index in [1.165, 1.54) is 48.7 Å². The summed E-state index contributed by atoms with van der Waals surface area (Å²) in [5.41, 5.74) is 18.7. The fourth-order valence-corrected chi connectivity index (χ4v) is 12.8. The zero-order valence-corrected chi connectivity index (χ0v) is 39.8. The summed E-state index contributed by atoms with van der Waals surface area (Å²) in [6, 6.07) is 90.7. The predicted octanol–water partition coefficient (Wildman–Crippen LogP) is 16.8. The van der Waals surface area contributed by atoms with Gasteiger partial charge in [-0.3, -0.25) is 8.97 Å². The van der Waals surface area contributed by atoms with E-state index in [-0.39, 0.29) is 0 Å². The van der Waals surface area contributed by atoms with Crippen molar-refractivity contribution in [3.8, 4) is 28.4 Å². The normalized spacial score (nSPS) is 12.3. The van der Waals surface area contributed by atoms with Gasteiger partial charge in [0.2, 0.25) is 5.78 Å². The molecule has 0 aliphatic carbocycles. The minimum atomic E-state index is 0.847. The van der Waals surface area contributed by atoms with Crippen LogP contribution in [0.1, 0.15) is 0 Å². The van der Waals surface area contributed by atoms with Crippen molar-refractivity contribution in [3.63, 3.8) is 0 Å². The highest BCUT2D eigenvalue weighted by Gasteiger charge is 2.27. The molecule has 0 amide bonds. The van der Waals surface area contributed by atoms with Crippen LogP contribution in [0.4, 0.5) is 0 Å². The monoisotopic (exact) mass is 943 g/mol. The molecule has 7 heteroatoms. The first-order valence-corrected chi connectivity index (χ1v) is 25.3. The molecule has 344 valence electrons. The van der Waals surface area contributed by atoms with Crippen LogP contribution < -0.4 is 0 Å². The number of imidazole rings is 2. The number of nitrogens with zero attached hydrogens (tertiary/aromatic N) is 7. The SMILES string of the molecule is c1ccc(-n2c3ccccc3c3c4nc5n(-c6ccccc6)c6c(-n7c8ccccc8c8cc(-n9c%10ccccc%10c%10ccccc%109)ccc87)cc(-n7c8ccccc8c8ccccc87)cc6n5c4ccc32)cc1. The first-order chi connectivity index (χ1) is 36.8. The van der Waals surface area contributed by atoms with Crippen LogP contribution in [0.5, 0.6) is 0 Å². The van der Waals surface area contributed by atoms with Crippen LogP contribution in [0.3, 0.4) is 0 Å². The maximum absolute atomic E-state index is 5.84. The van der Waals surface area contributed by atoms with Gasteiger partial charge in [0.15, 0.2) is 0 Å². The van der Waals surface area contributed by atoms with Crippen molar-refractivity contribution < 1.29 is 0 Å². The van der Waals surface area contributed by atoms with Crippen molar-refractivity contribution in [2.45, 2.75) is 0 Å². The van der Waals surface area contributed by atoms with Crippen molar-refractivity contribution >= 4 is 115 Å². The lowest BCUT2D eigenvalue weighted by molar-refractivity contribution is 1.09. The van der Waals surface area contributed by atoms with Crippen LogP contribution in [0.25, 0.3) is 144 Å². The molecule has 0 aliphatic rings. The van der Waals surface area contributed by atoms with Crippen LogP contribution in [0.15, 0.2) is 249 Å². The zero-order valence-electron chi connectivity index (χ0n) is 39.8. The molecule has 11 aromatic carbocycles. The number of benzene rings is 11. The van der Waals surface area contributed by atoms with Crippen molar-refractivity contribution in [1.29, 1.82) is 0 Å². The second-order valence-corrected chi connectivity index (χ2v) is 19.6. The number of fused-ring (bicyclic) bond motifs is 18. The van der Waals surface area contributed by atoms with Gasteiger partial charge in [0.25, 0.3) is 0 Å². The Bertz CT molecular complexity index is 5090. The van der Waals surface area contributed by atoms with Gasteiger partial charge in [-0.05, 0) is 103 Å². The van der Waals surface area contributed by atoms with E-state index in [1.54, 1.807) is 0 Å². The number of rotatable bonds is 5. The highest BCUT2D eigenvalue weighted by atomic mass is 15.2. The third-order valence-electron chi connectivity index (χ3n) is 15.8. The minimum Gasteiger partial charge on any atom is -0.309 e. The predicted molar refractivity (Wildman–Crippen MR) is 307 cm³/mol. The van der Waals surface area contributed by atoms with E-state index in [9.17, 15) is 0 Å². The van der Waals surface area contributed by atoms with Gasteiger partial charge in [0.1, 0.15) is 5.52 Å². The van der Waals surface area contributed by atoms with Crippen molar-refractivity contribution in [2.24, 2.45) is 0 Å². The molecule has 0 bridgehead atoms. The number of aromatic nitrogens is 7. The molecule has 17 aromatic rings. The topological polar surface area (TPSA) is 42.0 Å². The van der Waals surface area contributed by atoms with Gasteiger partial charge in [-0.15, -0.1) is 0 Å². The molecule has 0 unspecified atom stereocenters. The van der Waals surface area contributed by atoms with Crippen molar-refractivity contribution in [1.82, 2.24) is 32.2 Å². The van der Waals surface area contributed by atoms with Gasteiger partial charge in [0, 0.05) is 60.2 Å². The third kappa shape index (κ3) is 5.21. The van der Waals surface area contributed by atoms with E-state index < -0.39 is 0 Å². The molecule has 0 fully saturated rings. The highest BCUT2D eigenvalue weighted by molar-refractivity contribution is 6.21. The zero-order chi connectivity index (χ0) is 48.2. The first kappa shape index (κ1) is 39.6. The molecule has 0 aliphatic heterocycles. The average Bonchev–Trinajstić information content (AvgIpc) is 4.31. The lowest BCUT2D eigenvalue weighted by atomic mass is 10.1. The van der Waals surface area contributed by atoms with E-state index in [1.807, 2.05) is 0 Å². The molecular formula is C67H41N7. The second-order valence-electron chi connectivity index (χ2n) is 19.6. The Balaban J connectivity index is 1.04. The quantitative estimate of drug-likeness (QED) is 0.169. The fraction of sp³-hybridized carbons (Fsp3) is 0. The molecule has 0 spiro atoms. The van der Waals surface area contributed by atoms with Gasteiger partial charge in [-0.1, -0.05) is 146 Å². The summed E-state index contributed by atoms with van der Waals surface area (Å²) in [5.74, 6) is 0.847. The molecule has 17 rings (SSSR count). The average molecular weight is 944 g/mol. The molecule has 6 heterocycles. The lowest BCUT2D eigenvalue weighted by Crippen LogP contribution is -2.04. The molecule has 0 N–H and O–H groups in total. The fourth-order valence-electron chi connectivity index (χ4n) is 12.8. The van der Waals surface area contributed by atoms with Crippen molar-refractivity contribution in [3.05, 3.63) is 249 Å². The number of hydrogen-bond acceptors (Lipinski definition) is 1. The standard InChI is InChI=1S/C67H41N7/c1-3-19-42(20-4-1)69-58-34-18-12-28-51(58)64-60(69)37-38-61-65(64)68-67-72(43-21-5-2-6-22-43)66-62(40-45(41-63(66)74(61)67)71-55-31-15-9-25-48(55)49-26-10-16-32-56(49)71)73-57-33-17-11-27-50(57)52-39-44(35-36-59(52)73)70-53-29-13-7-23-46(53)47-24-8-14-30-54(47)70/h1-41H. The number of para-hydroxylation sites is 8. The molecule has 0 atom stereocenters. The van der Waals surface area contributed by atoms with E-state index in [0.717, 1.165) is 94.8 Å². The van der Waals surface area contributed by atoms with Gasteiger partial charge >= 0.3 is 0 Å². The Morgan fingerprint density at radius 2 is 0.649 bits per heavy atom. The number of hydrogen-bond donors (Lipinski definition) is 0. The summed E-state index contributed by atoms with van der Waals surface area (Å²) >= 11 is 0. The highest BCUT2D eigenvalue weighted by Crippen LogP contribution is 2.44. The molecule has 0 saturated heterocycles. The first-order valence-electron chi connectivity index (χ1n) is 25.3. The molecule has 0 saturated carbocycles. The Morgan fingerprint density at radius 1 is 0.243 bits per heavy atom. The minimum absolute atomic E-state index is 0.847. The maximum Gasteiger partial charge on any atom is 0.220 e. The lowest BCUT2D eigenvalue weighted by Gasteiger charge is -2.17. The van der Waals surface area contributed by atoms with Crippen LogP contribution in [0.2, 0.25) is 0 Å². The molecular weight excluding hydrogens is 903 g/mol. The van der Waals surface area contributed by atoms with E-state index in [4.69, 9.17) is 4.98 Å². The van der Waals surface area contributed by atoms with E-state index in [0.29, 0.717) is 0 Å². The second kappa shape index (κ2) is 14.7. The van der Waals surface area contributed by atoms with Gasteiger partial charge in [-0.2, -0.15) is 0 Å². The molecule has 6 aromatic heterocycles. The smallest absolute Gasteiger partial charge is 0.220 e. The Morgan fingerprint density at radius 3 is 1.22 bits per heavy atom. The van der Waals surface area contributed by atoms with Crippen LogP contribution in [0, 0.1) is 0 Å². The summed E-state index contributed by atoms with van der Waals surface area (Å²) in [7, 11) is 0. The maximum atomic E-state index is 5.84. The van der Waals surface area contributed by atoms with Crippen molar-refractivity contribution in [2.75, 3.05) is 0 Å². The van der Waals surface area contributed by atoms with E-state index in [2.05, 4.69) is 276 Å². The molecule has 0 radical (unpaired) electrons. The van der Waals surface area contributed by atoms with Gasteiger partial charge in [0.05, 0.1) is 72.1 Å². The van der Waals surface area contributed by atoms with Crippen LogP contribution in [-0.4, -0.2) is 32.2 Å². The van der Waals surface area contributed by atoms with Crippen LogP contribution in [-0.2, 0) is 0 Å². The Kier molecular flexibility index (Phi) is 7.88. The van der Waals surface area contributed by atoms with Gasteiger partial charge < -0.3 is 18.3 Å². The summed E-state index contributed by atoms with van der Waals surface area (Å²) in [5, 5.41) is 9.61. The Labute approximate surface area is 422 Å². The molecule has 74 heavy (non-hydrogen) atoms. The Hall–Kier alpha value is -10.1. The van der Waals surface area contributed by atoms with Crippen LogP contribution >= 0.6 is 0 Å². The van der Waals surface area contributed by atoms with Gasteiger partial charge in [-0.25, -0.2) is 4.98 Å². The third-order valence-corrected chi connectivity index (χ3v) is 15.8. The summed E-state index contributed by atoms with van der Waals surface area (Å²) in [4.78, 5) is 5.84.